The van der Waals surface area contributed by atoms with E-state index in [0.717, 1.165) is 10.2 Å². The van der Waals surface area contributed by atoms with Crippen molar-refractivity contribution in [3.8, 4) is 0 Å². The average Bonchev–Trinajstić information content (AvgIpc) is 2.42. The van der Waals surface area contributed by atoms with Gasteiger partial charge in [-0.25, -0.2) is 0 Å². The van der Waals surface area contributed by atoms with E-state index in [0.29, 0.717) is 18.8 Å². The molecule has 1 aromatic rings. The fourth-order valence-corrected chi connectivity index (χ4v) is 3.09. The summed E-state index contributed by atoms with van der Waals surface area (Å²) >= 11 is 3.40. The van der Waals surface area contributed by atoms with Crippen molar-refractivity contribution >= 4 is 21.6 Å². The molecule has 2 aliphatic rings. The van der Waals surface area contributed by atoms with Crippen LogP contribution in [0.5, 0.6) is 0 Å². The molecule has 0 amide bonds. The summed E-state index contributed by atoms with van der Waals surface area (Å²) in [5, 5.41) is 15.9. The maximum Gasteiger partial charge on any atom is 0.273 e. The van der Waals surface area contributed by atoms with Crippen LogP contribution in [0.4, 0.5) is 5.69 Å². The molecule has 0 aliphatic carbocycles. The number of halogens is 1. The summed E-state index contributed by atoms with van der Waals surface area (Å²) in [5.74, 6) is 0. The zero-order valence-electron chi connectivity index (χ0n) is 12.5. The molecule has 1 saturated heterocycles. The van der Waals surface area contributed by atoms with Crippen molar-refractivity contribution in [1.82, 2.24) is 14.8 Å². The number of aliphatic hydroxyl groups excluding tert-OH is 1. The summed E-state index contributed by atoms with van der Waals surface area (Å²) < 4.78 is 2.37. The minimum absolute atomic E-state index is 0.0831. The van der Waals surface area contributed by atoms with Crippen LogP contribution in [-0.2, 0) is 7.05 Å². The molecule has 3 rings (SSSR count). The van der Waals surface area contributed by atoms with E-state index in [9.17, 15) is 9.90 Å². The monoisotopic (exact) mass is 366 g/mol. The van der Waals surface area contributed by atoms with E-state index in [-0.39, 0.29) is 11.7 Å². The third-order valence-corrected chi connectivity index (χ3v) is 4.31. The summed E-state index contributed by atoms with van der Waals surface area (Å²) in [6.45, 7) is 3.28. The Morgan fingerprint density at radius 3 is 2.82 bits per heavy atom. The van der Waals surface area contributed by atoms with Crippen molar-refractivity contribution in [3.63, 3.8) is 0 Å². The number of allylic oxidation sites excluding steroid dienone is 1. The van der Waals surface area contributed by atoms with Crippen LogP contribution in [0.1, 0.15) is 6.92 Å². The molecule has 1 aromatic heterocycles. The SMILES string of the molecule is Cn1cc(Br)cc(NC2(C)C=CC(N3CC(O)C3)=CN2)c1=O. The molecule has 0 radical (unpaired) electrons. The van der Waals surface area contributed by atoms with Crippen LogP contribution in [-0.4, -0.2) is 39.4 Å². The first kappa shape index (κ1) is 15.2. The van der Waals surface area contributed by atoms with E-state index in [1.807, 2.05) is 25.3 Å². The predicted molar refractivity (Wildman–Crippen MR) is 89.3 cm³/mol. The van der Waals surface area contributed by atoms with Crippen LogP contribution >= 0.6 is 15.9 Å². The van der Waals surface area contributed by atoms with Crippen molar-refractivity contribution in [1.29, 1.82) is 0 Å². The second-order valence-corrected chi connectivity index (χ2v) is 6.84. The highest BCUT2D eigenvalue weighted by atomic mass is 79.9. The molecule has 1 unspecified atom stereocenters. The van der Waals surface area contributed by atoms with Crippen molar-refractivity contribution in [2.75, 3.05) is 18.4 Å². The molecule has 0 aromatic carbocycles. The Balaban J connectivity index is 1.74. The smallest absolute Gasteiger partial charge is 0.273 e. The number of dihydropyridines is 1. The molecule has 3 N–H and O–H groups in total. The molecule has 0 spiro atoms. The van der Waals surface area contributed by atoms with Gasteiger partial charge in [-0.15, -0.1) is 0 Å². The van der Waals surface area contributed by atoms with Crippen LogP contribution in [0.2, 0.25) is 0 Å². The lowest BCUT2D eigenvalue weighted by atomic mass is 10.1. The topological polar surface area (TPSA) is 69.5 Å². The molecular weight excluding hydrogens is 348 g/mol. The summed E-state index contributed by atoms with van der Waals surface area (Å²) in [6.07, 6.45) is 7.38. The molecule has 0 bridgehead atoms. The third-order valence-electron chi connectivity index (χ3n) is 3.88. The predicted octanol–water partition coefficient (Wildman–Crippen LogP) is 0.953. The Bertz CT molecular complexity index is 706. The number of pyridine rings is 1. The summed E-state index contributed by atoms with van der Waals surface area (Å²) in [6, 6.07) is 1.77. The average molecular weight is 367 g/mol. The molecule has 3 heterocycles. The van der Waals surface area contributed by atoms with Crippen molar-refractivity contribution < 1.29 is 5.11 Å². The van der Waals surface area contributed by atoms with Crippen LogP contribution in [0.15, 0.2) is 45.6 Å². The van der Waals surface area contributed by atoms with Gasteiger partial charge in [0, 0.05) is 37.0 Å². The van der Waals surface area contributed by atoms with E-state index in [4.69, 9.17) is 0 Å². The van der Waals surface area contributed by atoms with E-state index in [1.165, 1.54) is 4.57 Å². The van der Waals surface area contributed by atoms with E-state index < -0.39 is 5.66 Å². The Morgan fingerprint density at radius 1 is 1.50 bits per heavy atom. The number of aryl methyl sites for hydroxylation is 1. The van der Waals surface area contributed by atoms with Crippen molar-refractivity contribution in [3.05, 3.63) is 51.1 Å². The van der Waals surface area contributed by atoms with Gasteiger partial charge >= 0.3 is 0 Å². The number of β-amino-alcohol motifs (C(OH)–C–C–N with tert-alkyl or cyclic N) is 1. The highest BCUT2D eigenvalue weighted by Gasteiger charge is 2.29. The largest absolute Gasteiger partial charge is 0.389 e. The quantitative estimate of drug-likeness (QED) is 0.743. The zero-order valence-corrected chi connectivity index (χ0v) is 14.1. The van der Waals surface area contributed by atoms with Gasteiger partial charge in [-0.1, -0.05) is 0 Å². The Kier molecular flexibility index (Phi) is 3.78. The number of nitrogens with one attached hydrogen (secondary N) is 2. The van der Waals surface area contributed by atoms with Gasteiger partial charge in [-0.2, -0.15) is 0 Å². The second-order valence-electron chi connectivity index (χ2n) is 5.92. The molecule has 1 atom stereocenters. The van der Waals surface area contributed by atoms with Crippen LogP contribution in [0.3, 0.4) is 0 Å². The lowest BCUT2D eigenvalue weighted by Crippen LogP contribution is -2.52. The van der Waals surface area contributed by atoms with Gasteiger partial charge in [0.25, 0.3) is 5.56 Å². The zero-order chi connectivity index (χ0) is 15.9. The van der Waals surface area contributed by atoms with Crippen LogP contribution in [0, 0.1) is 0 Å². The fourth-order valence-electron chi connectivity index (χ4n) is 2.55. The normalized spacial score (nSPS) is 24.5. The first-order valence-corrected chi connectivity index (χ1v) is 7.90. The first-order valence-electron chi connectivity index (χ1n) is 7.11. The maximum atomic E-state index is 12.2. The Hall–Kier alpha value is -1.73. The maximum absolute atomic E-state index is 12.2. The van der Waals surface area contributed by atoms with E-state index in [2.05, 4.69) is 31.5 Å². The molecule has 1 fully saturated rings. The number of nitrogens with zero attached hydrogens (tertiary/aromatic N) is 2. The number of likely N-dealkylation sites (tertiary alicyclic amines) is 1. The minimum Gasteiger partial charge on any atom is -0.389 e. The summed E-state index contributed by atoms with van der Waals surface area (Å²) in [7, 11) is 1.72. The molecule has 2 aliphatic heterocycles. The summed E-state index contributed by atoms with van der Waals surface area (Å²) in [5.41, 5.74) is 0.930. The molecule has 6 nitrogen and oxygen atoms in total. The Morgan fingerprint density at radius 2 is 2.23 bits per heavy atom. The van der Waals surface area contributed by atoms with Gasteiger partial charge in [-0.05, 0) is 41.1 Å². The van der Waals surface area contributed by atoms with Crippen molar-refractivity contribution in [2.45, 2.75) is 18.7 Å². The highest BCUT2D eigenvalue weighted by molar-refractivity contribution is 9.10. The number of hydrogen-bond donors (Lipinski definition) is 3. The lowest BCUT2D eigenvalue weighted by Gasteiger charge is -2.41. The van der Waals surface area contributed by atoms with Gasteiger partial charge in [0.15, 0.2) is 0 Å². The molecule has 22 heavy (non-hydrogen) atoms. The number of aromatic nitrogens is 1. The van der Waals surface area contributed by atoms with Gasteiger partial charge in [0.1, 0.15) is 11.4 Å². The van der Waals surface area contributed by atoms with Crippen LogP contribution in [0.25, 0.3) is 0 Å². The lowest BCUT2D eigenvalue weighted by molar-refractivity contribution is 0.0265. The third kappa shape index (κ3) is 2.91. The second kappa shape index (κ2) is 5.48. The molecular formula is C15H19BrN4O2. The van der Waals surface area contributed by atoms with Crippen molar-refractivity contribution in [2.24, 2.45) is 7.05 Å². The molecule has 0 saturated carbocycles. The number of aliphatic hydroxyl groups is 1. The minimum atomic E-state index is -0.542. The number of rotatable bonds is 3. The Labute approximate surface area is 137 Å². The van der Waals surface area contributed by atoms with Gasteiger partial charge in [0.2, 0.25) is 0 Å². The highest BCUT2D eigenvalue weighted by Crippen LogP contribution is 2.22. The molecule has 7 heteroatoms. The van der Waals surface area contributed by atoms with E-state index in [1.54, 1.807) is 19.3 Å². The summed E-state index contributed by atoms with van der Waals surface area (Å²) in [4.78, 5) is 14.3. The van der Waals surface area contributed by atoms with E-state index >= 15 is 0 Å². The van der Waals surface area contributed by atoms with Gasteiger partial charge in [0.05, 0.1) is 11.8 Å². The standard InChI is InChI=1S/C15H19BrN4O2/c1-15(18-13-5-10(16)7-19(2)14(13)22)4-3-11(6-17-15)20-8-12(21)9-20/h3-7,12,17-18,21H,8-9H2,1-2H3. The van der Waals surface area contributed by atoms with Crippen LogP contribution < -0.4 is 16.2 Å². The number of anilines is 1. The number of hydrogen-bond acceptors (Lipinski definition) is 5. The molecule has 118 valence electrons. The van der Waals surface area contributed by atoms with Gasteiger partial charge in [-0.3, -0.25) is 4.79 Å². The first-order chi connectivity index (χ1) is 10.4. The van der Waals surface area contributed by atoms with Gasteiger partial charge < -0.3 is 25.2 Å². The fraction of sp³-hybridized carbons (Fsp3) is 0.400.